The Morgan fingerprint density at radius 2 is 2.22 bits per heavy atom. The number of primary amides is 1. The molecule has 0 saturated carbocycles. The molecule has 1 saturated heterocycles. The highest BCUT2D eigenvalue weighted by Gasteiger charge is 2.32. The van der Waals surface area contributed by atoms with Crippen molar-refractivity contribution in [3.63, 3.8) is 0 Å². The zero-order valence-corrected chi connectivity index (χ0v) is 14.1. The molecule has 1 fully saturated rings. The molecule has 2 N–H and O–H groups in total. The minimum Gasteiger partial charge on any atom is -0.381 e. The molecule has 2 heterocycles. The van der Waals surface area contributed by atoms with Gasteiger partial charge < -0.3 is 19.9 Å². The predicted octanol–water partition coefficient (Wildman–Crippen LogP) is 0.745. The summed E-state index contributed by atoms with van der Waals surface area (Å²) in [7, 11) is 1.64. The second kappa shape index (κ2) is 7.59. The third kappa shape index (κ3) is 4.31. The Bertz CT molecular complexity index is 555. The van der Waals surface area contributed by atoms with E-state index in [0.29, 0.717) is 13.1 Å². The van der Waals surface area contributed by atoms with Crippen molar-refractivity contribution < 1.29 is 14.3 Å². The van der Waals surface area contributed by atoms with Gasteiger partial charge in [-0.1, -0.05) is 13.8 Å². The van der Waals surface area contributed by atoms with E-state index in [1.807, 2.05) is 10.8 Å². The topological polar surface area (TPSA) is 90.4 Å². The summed E-state index contributed by atoms with van der Waals surface area (Å²) < 4.78 is 7.32. The van der Waals surface area contributed by atoms with Crippen LogP contribution in [0.3, 0.4) is 0 Å². The van der Waals surface area contributed by atoms with Crippen LogP contribution >= 0.6 is 0 Å². The minimum atomic E-state index is -0.358. The molecule has 1 aliphatic heterocycles. The van der Waals surface area contributed by atoms with Crippen LogP contribution in [0.4, 0.5) is 0 Å². The fourth-order valence-corrected chi connectivity index (χ4v) is 3.20. The first kappa shape index (κ1) is 17.5. The number of ether oxygens (including phenoxy) is 1. The van der Waals surface area contributed by atoms with Gasteiger partial charge in [0, 0.05) is 50.8 Å². The van der Waals surface area contributed by atoms with E-state index in [9.17, 15) is 9.59 Å². The number of carbonyl (C=O) groups excluding carboxylic acids is 2. The molecule has 128 valence electrons. The quantitative estimate of drug-likeness (QED) is 0.836. The molecule has 1 aromatic heterocycles. The summed E-state index contributed by atoms with van der Waals surface area (Å²) in [5, 5.41) is 0. The molecule has 23 heavy (non-hydrogen) atoms. The smallest absolute Gasteiger partial charge is 0.242 e. The minimum absolute atomic E-state index is 0.0222. The number of methoxy groups -OCH3 is 1. The Hall–Kier alpha value is -1.89. The van der Waals surface area contributed by atoms with Crippen LogP contribution in [0.15, 0.2) is 12.4 Å². The van der Waals surface area contributed by atoms with Crippen molar-refractivity contribution in [2.75, 3.05) is 20.2 Å². The molecule has 2 amide bonds. The van der Waals surface area contributed by atoms with Gasteiger partial charge in [-0.3, -0.25) is 9.59 Å². The molecule has 0 aliphatic carbocycles. The number of hydrogen-bond donors (Lipinski definition) is 1. The monoisotopic (exact) mass is 322 g/mol. The predicted molar refractivity (Wildman–Crippen MR) is 85.6 cm³/mol. The molecule has 2 atom stereocenters. The van der Waals surface area contributed by atoms with Gasteiger partial charge in [0.1, 0.15) is 12.4 Å². The Kier molecular flexibility index (Phi) is 5.76. The van der Waals surface area contributed by atoms with Gasteiger partial charge in [0.15, 0.2) is 0 Å². The Labute approximate surface area is 136 Å². The van der Waals surface area contributed by atoms with Gasteiger partial charge in [0.25, 0.3) is 0 Å². The molecule has 1 aromatic rings. The van der Waals surface area contributed by atoms with Crippen molar-refractivity contribution in [3.05, 3.63) is 18.2 Å². The summed E-state index contributed by atoms with van der Waals surface area (Å²) in [5.74, 6) is 0.804. The summed E-state index contributed by atoms with van der Waals surface area (Å²) in [5.41, 5.74) is 5.31. The summed E-state index contributed by atoms with van der Waals surface area (Å²) in [4.78, 5) is 29.9. The van der Waals surface area contributed by atoms with Gasteiger partial charge in [-0.2, -0.15) is 0 Å². The number of imidazole rings is 1. The molecule has 7 heteroatoms. The Morgan fingerprint density at radius 3 is 2.83 bits per heavy atom. The highest BCUT2D eigenvalue weighted by molar-refractivity contribution is 5.77. The molecule has 1 aliphatic rings. The maximum Gasteiger partial charge on any atom is 0.242 e. The number of hydrogen-bond acceptors (Lipinski definition) is 4. The van der Waals surface area contributed by atoms with E-state index >= 15 is 0 Å². The van der Waals surface area contributed by atoms with Crippen molar-refractivity contribution in [1.29, 1.82) is 0 Å². The molecule has 0 radical (unpaired) electrons. The number of amides is 2. The average Bonchev–Trinajstić information content (AvgIpc) is 2.94. The van der Waals surface area contributed by atoms with E-state index in [1.54, 1.807) is 18.2 Å². The molecule has 7 nitrogen and oxygen atoms in total. The first-order chi connectivity index (χ1) is 10.9. The number of rotatable bonds is 6. The van der Waals surface area contributed by atoms with Crippen LogP contribution in [0.25, 0.3) is 0 Å². The second-order valence-electron chi connectivity index (χ2n) is 6.40. The van der Waals surface area contributed by atoms with Crippen molar-refractivity contribution in [2.45, 2.75) is 45.3 Å². The van der Waals surface area contributed by atoms with Gasteiger partial charge in [-0.05, 0) is 6.42 Å². The Morgan fingerprint density at radius 1 is 1.48 bits per heavy atom. The van der Waals surface area contributed by atoms with Crippen molar-refractivity contribution in [2.24, 2.45) is 11.7 Å². The zero-order chi connectivity index (χ0) is 17.0. The maximum atomic E-state index is 12.6. The summed E-state index contributed by atoms with van der Waals surface area (Å²) in [6.07, 6.45) is 4.49. The van der Waals surface area contributed by atoms with Crippen molar-refractivity contribution in [1.82, 2.24) is 14.5 Å². The van der Waals surface area contributed by atoms with E-state index in [0.717, 1.165) is 12.2 Å². The van der Waals surface area contributed by atoms with Crippen LogP contribution < -0.4 is 5.73 Å². The number of piperidine rings is 1. The number of nitrogens with two attached hydrogens (primary N) is 1. The lowest BCUT2D eigenvalue weighted by Gasteiger charge is -2.37. The Balaban J connectivity index is 2.02. The van der Waals surface area contributed by atoms with Crippen LogP contribution in [-0.2, 0) is 20.9 Å². The molecular formula is C16H26N4O3. The standard InChI is InChI=1S/C16H26N4O3/c1-11(2)16-18-5-7-20(16)10-15(22)19-6-4-13(23-3)12(9-19)8-14(17)21/h5,7,11-13H,4,6,8-10H2,1-3H3,(H2,17,21)/t12-,13-/m1/s1. The summed E-state index contributed by atoms with van der Waals surface area (Å²) in [6, 6.07) is 0. The van der Waals surface area contributed by atoms with E-state index in [1.165, 1.54) is 0 Å². The molecule has 0 spiro atoms. The lowest BCUT2D eigenvalue weighted by molar-refractivity contribution is -0.138. The first-order valence-corrected chi connectivity index (χ1v) is 8.02. The molecule has 2 rings (SSSR count). The highest BCUT2D eigenvalue weighted by Crippen LogP contribution is 2.23. The third-order valence-electron chi connectivity index (χ3n) is 4.35. The van der Waals surface area contributed by atoms with Crippen LogP contribution in [0.5, 0.6) is 0 Å². The van der Waals surface area contributed by atoms with Crippen LogP contribution in [0.1, 0.15) is 38.4 Å². The van der Waals surface area contributed by atoms with Gasteiger partial charge in [-0.25, -0.2) is 4.98 Å². The highest BCUT2D eigenvalue weighted by atomic mass is 16.5. The van der Waals surface area contributed by atoms with Gasteiger partial charge in [-0.15, -0.1) is 0 Å². The fourth-order valence-electron chi connectivity index (χ4n) is 3.20. The van der Waals surface area contributed by atoms with E-state index in [2.05, 4.69) is 18.8 Å². The molecule has 0 bridgehead atoms. The number of carbonyl (C=O) groups is 2. The SMILES string of the molecule is CO[C@@H]1CCN(C(=O)Cn2ccnc2C(C)C)C[C@H]1CC(N)=O. The van der Waals surface area contributed by atoms with Crippen LogP contribution in [-0.4, -0.2) is 52.6 Å². The maximum absolute atomic E-state index is 12.6. The van der Waals surface area contributed by atoms with Crippen molar-refractivity contribution in [3.8, 4) is 0 Å². The summed E-state index contributed by atoms with van der Waals surface area (Å²) in [6.45, 7) is 5.52. The van der Waals surface area contributed by atoms with E-state index in [-0.39, 0.29) is 42.7 Å². The van der Waals surface area contributed by atoms with Crippen molar-refractivity contribution >= 4 is 11.8 Å². The molecule has 0 unspecified atom stereocenters. The first-order valence-electron chi connectivity index (χ1n) is 8.02. The average molecular weight is 322 g/mol. The van der Waals surface area contributed by atoms with Gasteiger partial charge >= 0.3 is 0 Å². The fraction of sp³-hybridized carbons (Fsp3) is 0.688. The van der Waals surface area contributed by atoms with Gasteiger partial charge in [0.05, 0.1) is 6.10 Å². The number of likely N-dealkylation sites (tertiary alicyclic amines) is 1. The lowest BCUT2D eigenvalue weighted by Crippen LogP contribution is -2.48. The van der Waals surface area contributed by atoms with Crippen LogP contribution in [0.2, 0.25) is 0 Å². The molecule has 0 aromatic carbocycles. The largest absolute Gasteiger partial charge is 0.381 e. The lowest BCUT2D eigenvalue weighted by atomic mass is 9.91. The summed E-state index contributed by atoms with van der Waals surface area (Å²) >= 11 is 0. The van der Waals surface area contributed by atoms with Gasteiger partial charge in [0.2, 0.25) is 11.8 Å². The second-order valence-corrected chi connectivity index (χ2v) is 6.40. The zero-order valence-electron chi connectivity index (χ0n) is 14.1. The normalized spacial score (nSPS) is 21.7. The number of aromatic nitrogens is 2. The number of nitrogens with zero attached hydrogens (tertiary/aromatic N) is 3. The third-order valence-corrected chi connectivity index (χ3v) is 4.35. The molecular weight excluding hydrogens is 296 g/mol. The van der Waals surface area contributed by atoms with E-state index < -0.39 is 0 Å². The van der Waals surface area contributed by atoms with Crippen LogP contribution in [0, 0.1) is 5.92 Å². The van der Waals surface area contributed by atoms with E-state index in [4.69, 9.17) is 10.5 Å².